The van der Waals surface area contributed by atoms with Crippen LogP contribution in [0.25, 0.3) is 0 Å². The third-order valence-electron chi connectivity index (χ3n) is 4.31. The summed E-state index contributed by atoms with van der Waals surface area (Å²) in [5, 5.41) is 3.66. The fourth-order valence-corrected chi connectivity index (χ4v) is 3.22. The third-order valence-corrected chi connectivity index (χ3v) is 5.03. The largest absolute Gasteiger partial charge is 0.489 e. The summed E-state index contributed by atoms with van der Waals surface area (Å²) < 4.78 is 5.71. The number of benzene rings is 1. The Morgan fingerprint density at radius 2 is 1.91 bits per heavy atom. The second-order valence-electron chi connectivity index (χ2n) is 6.87. The highest BCUT2D eigenvalue weighted by Gasteiger charge is 2.06. The summed E-state index contributed by atoms with van der Waals surface area (Å²) in [6.45, 7) is 11.2. The van der Waals surface area contributed by atoms with Gasteiger partial charge in [-0.25, -0.2) is 4.98 Å². The predicted octanol–water partition coefficient (Wildman–Crippen LogP) is 5.96. The molecule has 0 radical (unpaired) electrons. The highest BCUT2D eigenvalue weighted by atomic mass is 32.2. The van der Waals surface area contributed by atoms with Crippen molar-refractivity contribution in [2.45, 2.75) is 38.8 Å². The Morgan fingerprint density at radius 1 is 1.22 bits per heavy atom. The van der Waals surface area contributed by atoms with Gasteiger partial charge in [0.25, 0.3) is 0 Å². The van der Waals surface area contributed by atoms with E-state index in [1.807, 2.05) is 62.6 Å². The van der Waals surface area contributed by atoms with Crippen molar-refractivity contribution in [3.8, 4) is 5.75 Å². The Balaban J connectivity index is 0.000000389. The van der Waals surface area contributed by atoms with E-state index in [4.69, 9.17) is 4.74 Å². The van der Waals surface area contributed by atoms with Crippen LogP contribution in [0.2, 0.25) is 0 Å². The van der Waals surface area contributed by atoms with E-state index >= 15 is 0 Å². The van der Waals surface area contributed by atoms with Gasteiger partial charge in [0, 0.05) is 18.7 Å². The van der Waals surface area contributed by atoms with Crippen LogP contribution in [0.15, 0.2) is 84.1 Å². The molecule has 1 unspecified atom stereocenters. The van der Waals surface area contributed by atoms with Crippen LogP contribution < -0.4 is 10.1 Å². The van der Waals surface area contributed by atoms with Crippen LogP contribution in [0.4, 0.5) is 0 Å². The van der Waals surface area contributed by atoms with E-state index in [-0.39, 0.29) is 17.7 Å². The van der Waals surface area contributed by atoms with Crippen molar-refractivity contribution >= 4 is 23.5 Å². The van der Waals surface area contributed by atoms with Gasteiger partial charge in [0.15, 0.2) is 5.78 Å². The lowest BCUT2D eigenvalue weighted by Gasteiger charge is -2.13. The minimum absolute atomic E-state index is 0.00475. The Morgan fingerprint density at radius 3 is 2.41 bits per heavy atom. The molecule has 6 heteroatoms. The molecule has 1 atom stereocenters. The smallest absolute Gasteiger partial charge is 0.217 e. The van der Waals surface area contributed by atoms with Crippen molar-refractivity contribution < 1.29 is 14.3 Å². The fraction of sp³-hybridized carbons (Fsp3) is 0.269. The number of aromatic nitrogens is 1. The van der Waals surface area contributed by atoms with Gasteiger partial charge in [0.05, 0.1) is 6.04 Å². The quantitative estimate of drug-likeness (QED) is 0.289. The van der Waals surface area contributed by atoms with Gasteiger partial charge in [-0.2, -0.15) is 0 Å². The van der Waals surface area contributed by atoms with Crippen LogP contribution in [-0.2, 0) is 4.79 Å². The average molecular weight is 453 g/mol. The number of hydrogen-bond donors (Lipinski definition) is 1. The number of nitrogens with one attached hydrogen (secondary N) is 1. The molecule has 170 valence electrons. The first-order valence-electron chi connectivity index (χ1n) is 10.3. The molecule has 1 aromatic carbocycles. The van der Waals surface area contributed by atoms with E-state index in [9.17, 15) is 9.59 Å². The Kier molecular flexibility index (Phi) is 12.5. The molecule has 0 saturated carbocycles. The van der Waals surface area contributed by atoms with Gasteiger partial charge in [0.1, 0.15) is 17.4 Å². The zero-order valence-corrected chi connectivity index (χ0v) is 20.2. The van der Waals surface area contributed by atoms with E-state index < -0.39 is 0 Å². The fourth-order valence-electron chi connectivity index (χ4n) is 2.62. The minimum atomic E-state index is -0.0347. The van der Waals surface area contributed by atoms with Crippen LogP contribution in [0, 0.1) is 0 Å². The van der Waals surface area contributed by atoms with Gasteiger partial charge in [-0.3, -0.25) is 9.59 Å². The van der Waals surface area contributed by atoms with Gasteiger partial charge in [-0.05, 0) is 62.4 Å². The van der Waals surface area contributed by atoms with Crippen molar-refractivity contribution in [3.05, 3.63) is 90.2 Å². The second-order valence-corrected chi connectivity index (χ2v) is 7.66. The monoisotopic (exact) mass is 452 g/mol. The normalized spacial score (nSPS) is 11.8. The number of allylic oxidation sites excluding steroid dienone is 3. The van der Waals surface area contributed by atoms with E-state index in [1.165, 1.54) is 18.7 Å². The molecule has 0 bridgehead atoms. The molecule has 1 N–H and O–H groups in total. The predicted molar refractivity (Wildman–Crippen MR) is 133 cm³/mol. The number of rotatable bonds is 9. The molecule has 1 heterocycles. The van der Waals surface area contributed by atoms with E-state index in [0.29, 0.717) is 12.2 Å². The van der Waals surface area contributed by atoms with Gasteiger partial charge in [-0.15, -0.1) is 11.8 Å². The van der Waals surface area contributed by atoms with Gasteiger partial charge < -0.3 is 10.1 Å². The molecule has 2 rings (SSSR count). The third kappa shape index (κ3) is 9.79. The molecule has 0 aliphatic rings. The van der Waals surface area contributed by atoms with Crippen LogP contribution in [0.5, 0.6) is 5.75 Å². The number of thioether (sulfide) groups is 1. The SMILES string of the molecule is C=C/C(=C\C=C/C)COc1ccc(C(C)NC(C)=O)cc1.CSc1ncccc1C(C)=O. The Bertz CT molecular complexity index is 950. The summed E-state index contributed by atoms with van der Waals surface area (Å²) >= 11 is 1.49. The average Bonchev–Trinajstić information content (AvgIpc) is 2.79. The van der Waals surface area contributed by atoms with Gasteiger partial charge in [0.2, 0.25) is 5.91 Å². The number of Topliss-reactive ketones (excluding diaryl/α,β-unsaturated/α-hetero) is 1. The molecule has 0 aliphatic heterocycles. The lowest BCUT2D eigenvalue weighted by molar-refractivity contribution is -0.119. The first-order valence-corrected chi connectivity index (χ1v) is 11.5. The zero-order chi connectivity index (χ0) is 23.9. The standard InChI is InChI=1S/C18H23NO2.C8H9NOS/c1-5-7-8-16(6-2)13-21-18-11-9-17(10-12-18)14(3)19-15(4)20;1-6(10)7-4-3-5-9-8(7)11-2/h5-12,14H,2,13H2,1,3-4H3,(H,19,20);3-5H,1-2H3/b7-5-,16-8+;. The molecule has 0 saturated heterocycles. The van der Waals surface area contributed by atoms with E-state index in [1.54, 1.807) is 31.3 Å². The topological polar surface area (TPSA) is 68.3 Å². The summed E-state index contributed by atoms with van der Waals surface area (Å²) in [5.74, 6) is 0.831. The molecule has 0 spiro atoms. The molecule has 1 aromatic heterocycles. The number of carbonyl (C=O) groups is 2. The van der Waals surface area contributed by atoms with Crippen molar-refractivity contribution in [3.63, 3.8) is 0 Å². The molecule has 1 amide bonds. The summed E-state index contributed by atoms with van der Waals surface area (Å²) in [7, 11) is 0. The van der Waals surface area contributed by atoms with Crippen LogP contribution in [0.3, 0.4) is 0 Å². The van der Waals surface area contributed by atoms with E-state index in [0.717, 1.165) is 21.9 Å². The highest BCUT2D eigenvalue weighted by molar-refractivity contribution is 7.98. The summed E-state index contributed by atoms with van der Waals surface area (Å²) in [4.78, 5) is 26.1. The van der Waals surface area contributed by atoms with Crippen molar-refractivity contribution in [1.82, 2.24) is 10.3 Å². The number of ether oxygens (including phenoxy) is 1. The number of hydrogen-bond acceptors (Lipinski definition) is 5. The number of carbonyl (C=O) groups excluding carboxylic acids is 2. The molecule has 0 aliphatic carbocycles. The van der Waals surface area contributed by atoms with Crippen molar-refractivity contribution in [1.29, 1.82) is 0 Å². The number of ketones is 1. The van der Waals surface area contributed by atoms with Crippen LogP contribution >= 0.6 is 11.8 Å². The van der Waals surface area contributed by atoms with Crippen molar-refractivity contribution in [2.24, 2.45) is 0 Å². The van der Waals surface area contributed by atoms with Crippen LogP contribution in [0.1, 0.15) is 49.7 Å². The second kappa shape index (κ2) is 14.8. The molecule has 32 heavy (non-hydrogen) atoms. The lowest BCUT2D eigenvalue weighted by atomic mass is 10.1. The zero-order valence-electron chi connectivity index (χ0n) is 19.4. The maximum atomic E-state index is 11.0. The maximum absolute atomic E-state index is 11.0. The Labute approximate surface area is 195 Å². The van der Waals surface area contributed by atoms with E-state index in [2.05, 4.69) is 16.9 Å². The molecule has 0 fully saturated rings. The number of pyridine rings is 1. The summed E-state index contributed by atoms with van der Waals surface area (Å²) in [6.07, 6.45) is 11.3. The first kappa shape index (κ1) is 26.9. The van der Waals surface area contributed by atoms with Crippen molar-refractivity contribution in [2.75, 3.05) is 12.9 Å². The van der Waals surface area contributed by atoms with Crippen LogP contribution in [-0.4, -0.2) is 29.5 Å². The first-order chi connectivity index (χ1) is 15.3. The molecule has 5 nitrogen and oxygen atoms in total. The summed E-state index contributed by atoms with van der Waals surface area (Å²) in [6, 6.07) is 11.3. The molecular formula is C26H32N2O3S. The van der Waals surface area contributed by atoms with Gasteiger partial charge >= 0.3 is 0 Å². The maximum Gasteiger partial charge on any atom is 0.217 e. The van der Waals surface area contributed by atoms with Gasteiger partial charge in [-0.1, -0.05) is 43.0 Å². The molecular weight excluding hydrogens is 420 g/mol. The summed E-state index contributed by atoms with van der Waals surface area (Å²) in [5.41, 5.74) is 2.77. The minimum Gasteiger partial charge on any atom is -0.489 e. The highest BCUT2D eigenvalue weighted by Crippen LogP contribution is 2.18. The Hall–Kier alpha value is -3.12. The lowest BCUT2D eigenvalue weighted by Crippen LogP contribution is -2.23. The number of nitrogens with zero attached hydrogens (tertiary/aromatic N) is 1. The molecule has 2 aromatic rings. The number of amides is 1.